The van der Waals surface area contributed by atoms with Crippen molar-refractivity contribution in [2.45, 2.75) is 109 Å². The molecule has 0 heterocycles. The Morgan fingerprint density at radius 1 is 0.425 bits per heavy atom. The number of carboxylic acids is 1. The summed E-state index contributed by atoms with van der Waals surface area (Å²) in [4.78, 5) is 10.5. The van der Waals surface area contributed by atoms with E-state index in [1.165, 1.54) is 112 Å². The zero-order chi connectivity index (χ0) is 28.1. The Morgan fingerprint density at radius 3 is 1.00 bits per heavy atom. The fraction of sp³-hybridized carbons (Fsp3) is 0.486. The number of hydrogen-bond acceptors (Lipinski definition) is 1. The smallest absolute Gasteiger partial charge is 0.303 e. The van der Waals surface area contributed by atoms with Gasteiger partial charge in [-0.25, -0.2) is 0 Å². The average molecular weight is 560 g/mol. The van der Waals surface area contributed by atoms with Gasteiger partial charge in [-0.2, -0.15) is 0 Å². The summed E-state index contributed by atoms with van der Waals surface area (Å²) in [7, 11) is -1.67. The minimum Gasteiger partial charge on any atom is -0.481 e. The van der Waals surface area contributed by atoms with E-state index in [4.69, 9.17) is 5.11 Å². The van der Waals surface area contributed by atoms with Gasteiger partial charge in [-0.05, 0) is 55.7 Å². The predicted molar refractivity (Wildman–Crippen MR) is 176 cm³/mol. The molecular weight excluding hydrogens is 507 g/mol. The normalized spacial score (nSPS) is 11.5. The van der Waals surface area contributed by atoms with Gasteiger partial charge < -0.3 is 5.11 Å². The lowest BCUT2D eigenvalue weighted by molar-refractivity contribution is -0.137. The first-order chi connectivity index (χ1) is 19.7. The third kappa shape index (κ3) is 11.2. The maximum absolute atomic E-state index is 10.5. The molecule has 0 radical (unpaired) electrons. The molecule has 216 valence electrons. The van der Waals surface area contributed by atoms with Gasteiger partial charge in [0.05, 0.1) is 6.16 Å². The highest BCUT2D eigenvalue weighted by Crippen LogP contribution is 2.56. The molecule has 0 fully saturated rings. The van der Waals surface area contributed by atoms with Crippen molar-refractivity contribution in [3.8, 4) is 0 Å². The second-order valence-corrected chi connectivity index (χ2v) is 15.0. The number of unbranched alkanes of at least 4 members (excludes halogenated alkanes) is 15. The van der Waals surface area contributed by atoms with Gasteiger partial charge in [-0.1, -0.05) is 138 Å². The Bertz CT molecular complexity index is 939. The Balaban J connectivity index is 1.32. The lowest BCUT2D eigenvalue weighted by Gasteiger charge is -2.27. The van der Waals surface area contributed by atoms with Crippen molar-refractivity contribution in [2.24, 2.45) is 0 Å². The molecule has 0 atom stereocenters. The molecule has 3 rings (SSSR count). The first kappa shape index (κ1) is 32.1. The van der Waals surface area contributed by atoms with Gasteiger partial charge in [0.25, 0.3) is 0 Å². The van der Waals surface area contributed by atoms with Gasteiger partial charge in [0.1, 0.15) is 23.2 Å². The summed E-state index contributed by atoms with van der Waals surface area (Å²) in [5, 5.41) is 13.2. The molecule has 3 heteroatoms. The number of rotatable bonds is 22. The maximum Gasteiger partial charge on any atom is 0.303 e. The van der Waals surface area contributed by atoms with E-state index in [1.807, 2.05) is 0 Å². The highest BCUT2D eigenvalue weighted by Gasteiger charge is 2.44. The molecule has 0 unspecified atom stereocenters. The van der Waals surface area contributed by atoms with Crippen molar-refractivity contribution in [3.63, 3.8) is 0 Å². The Hall–Kier alpha value is -2.44. The number of benzene rings is 3. The first-order valence-corrected chi connectivity index (χ1v) is 18.0. The molecule has 0 aliphatic heterocycles. The Morgan fingerprint density at radius 2 is 0.700 bits per heavy atom. The molecule has 2 nitrogen and oxygen atoms in total. The molecule has 0 bridgehead atoms. The summed E-state index contributed by atoms with van der Waals surface area (Å²) >= 11 is 0. The second-order valence-electron chi connectivity index (χ2n) is 11.3. The molecule has 0 aromatic heterocycles. The predicted octanol–water partition coefficient (Wildman–Crippen LogP) is 9.70. The second kappa shape index (κ2) is 19.6. The van der Waals surface area contributed by atoms with Crippen LogP contribution in [0.2, 0.25) is 0 Å². The zero-order valence-corrected chi connectivity index (χ0v) is 25.6. The summed E-state index contributed by atoms with van der Waals surface area (Å²) in [6.45, 7) is 0. The molecule has 1 N–H and O–H groups in total. The van der Waals surface area contributed by atoms with Crippen LogP contribution in [0, 0.1) is 0 Å². The lowest BCUT2D eigenvalue weighted by atomic mass is 10.0. The van der Waals surface area contributed by atoms with Gasteiger partial charge in [0.2, 0.25) is 0 Å². The van der Waals surface area contributed by atoms with Crippen LogP contribution in [-0.4, -0.2) is 17.2 Å². The van der Waals surface area contributed by atoms with Crippen LogP contribution in [0.5, 0.6) is 0 Å². The fourth-order valence-corrected chi connectivity index (χ4v) is 10.4. The van der Waals surface area contributed by atoms with Crippen LogP contribution >= 0.6 is 7.26 Å². The van der Waals surface area contributed by atoms with Crippen LogP contribution in [0.4, 0.5) is 0 Å². The van der Waals surface area contributed by atoms with Gasteiger partial charge in [-0.15, -0.1) is 0 Å². The van der Waals surface area contributed by atoms with Crippen LogP contribution < -0.4 is 15.9 Å². The fourth-order valence-electron chi connectivity index (χ4n) is 5.98. The SMILES string of the molecule is O=C(O)CCCCCCCCCCCCCCCCCC[P+](c1ccccc1)(c1ccccc1)c1ccccc1. The summed E-state index contributed by atoms with van der Waals surface area (Å²) in [5.74, 6) is -0.659. The summed E-state index contributed by atoms with van der Waals surface area (Å²) < 4.78 is 0. The highest BCUT2D eigenvalue weighted by molar-refractivity contribution is 7.95. The number of carboxylic acid groups (broad SMARTS) is 1. The highest BCUT2D eigenvalue weighted by atomic mass is 31.2. The van der Waals surface area contributed by atoms with E-state index in [-0.39, 0.29) is 0 Å². The van der Waals surface area contributed by atoms with E-state index in [0.29, 0.717) is 6.42 Å². The quantitative estimate of drug-likeness (QED) is 0.0983. The van der Waals surface area contributed by atoms with Crippen LogP contribution in [0.1, 0.15) is 109 Å². The summed E-state index contributed by atoms with van der Waals surface area (Å²) in [5.41, 5.74) is 0. The zero-order valence-electron chi connectivity index (χ0n) is 24.7. The van der Waals surface area contributed by atoms with E-state index in [2.05, 4.69) is 91.0 Å². The molecule has 3 aromatic rings. The number of aliphatic carboxylic acids is 1. The van der Waals surface area contributed by atoms with Crippen molar-refractivity contribution in [3.05, 3.63) is 91.0 Å². The Kier molecular flexibility index (Phi) is 15.7. The van der Waals surface area contributed by atoms with Crippen molar-refractivity contribution in [1.29, 1.82) is 0 Å². The Labute approximate surface area is 245 Å². The number of hydrogen-bond donors (Lipinski definition) is 1. The first-order valence-electron chi connectivity index (χ1n) is 16.0. The van der Waals surface area contributed by atoms with Gasteiger partial charge >= 0.3 is 5.97 Å². The third-order valence-corrected chi connectivity index (χ3v) is 12.8. The molecule has 0 saturated carbocycles. The van der Waals surface area contributed by atoms with Crippen molar-refractivity contribution in [2.75, 3.05) is 6.16 Å². The molecule has 0 aliphatic rings. The van der Waals surface area contributed by atoms with Crippen molar-refractivity contribution >= 4 is 29.1 Å². The van der Waals surface area contributed by atoms with Crippen LogP contribution in [0.3, 0.4) is 0 Å². The monoisotopic (exact) mass is 559 g/mol. The van der Waals surface area contributed by atoms with Crippen LogP contribution in [0.25, 0.3) is 0 Å². The van der Waals surface area contributed by atoms with E-state index >= 15 is 0 Å². The summed E-state index contributed by atoms with van der Waals surface area (Å²) in [6.07, 6.45) is 22.2. The van der Waals surface area contributed by atoms with Gasteiger partial charge in [0, 0.05) is 6.42 Å². The lowest BCUT2D eigenvalue weighted by Crippen LogP contribution is -2.33. The van der Waals surface area contributed by atoms with E-state index in [9.17, 15) is 4.79 Å². The molecular formula is C37H52O2P+. The standard InChI is InChI=1S/C37H51O2P/c38-37(39)32-24-13-11-9-7-5-3-1-2-4-6-8-10-12-14-25-33-40(34-26-18-15-19-27-34,35-28-20-16-21-29-35)36-30-22-17-23-31-36/h15-23,26-31H,1-14,24-25,32-33H2/p+1. The molecule has 0 saturated heterocycles. The largest absolute Gasteiger partial charge is 0.481 e. The minimum atomic E-state index is -1.67. The van der Waals surface area contributed by atoms with Crippen molar-refractivity contribution in [1.82, 2.24) is 0 Å². The van der Waals surface area contributed by atoms with E-state index in [1.54, 1.807) is 0 Å². The topological polar surface area (TPSA) is 37.3 Å². The molecule has 40 heavy (non-hydrogen) atoms. The van der Waals surface area contributed by atoms with E-state index < -0.39 is 13.2 Å². The minimum absolute atomic E-state index is 0.332. The molecule has 0 amide bonds. The van der Waals surface area contributed by atoms with Crippen LogP contribution in [-0.2, 0) is 4.79 Å². The third-order valence-electron chi connectivity index (χ3n) is 8.23. The molecule has 0 aliphatic carbocycles. The van der Waals surface area contributed by atoms with Gasteiger partial charge in [-0.3, -0.25) is 4.79 Å². The number of carbonyl (C=O) groups is 1. The maximum atomic E-state index is 10.5. The summed E-state index contributed by atoms with van der Waals surface area (Å²) in [6, 6.07) is 33.9. The van der Waals surface area contributed by atoms with Crippen molar-refractivity contribution < 1.29 is 9.90 Å². The van der Waals surface area contributed by atoms with Crippen LogP contribution in [0.15, 0.2) is 91.0 Å². The van der Waals surface area contributed by atoms with Gasteiger partial charge in [0.15, 0.2) is 0 Å². The van der Waals surface area contributed by atoms with E-state index in [0.717, 1.165) is 12.8 Å². The molecule has 0 spiro atoms. The molecule has 3 aromatic carbocycles. The average Bonchev–Trinajstić information content (AvgIpc) is 3.00.